The molecule has 1 unspecified atom stereocenters. The number of methoxy groups -OCH3 is 1. The molecule has 1 aliphatic heterocycles. The Hall–Kier alpha value is -2.82. The molecule has 124 valence electrons. The molecule has 1 N–H and O–H groups in total. The first-order valence-corrected chi connectivity index (χ1v) is 7.96. The highest BCUT2D eigenvalue weighted by molar-refractivity contribution is 6.03. The largest absolute Gasteiger partial charge is 0.508 e. The van der Waals surface area contributed by atoms with E-state index in [1.54, 1.807) is 19.2 Å². The SMILES string of the molecule is CCC(=O)N1N=C(c2cccc(OC)c2)CC1c1ccccc1O. The van der Waals surface area contributed by atoms with E-state index in [-0.39, 0.29) is 17.7 Å². The van der Waals surface area contributed by atoms with E-state index in [0.29, 0.717) is 18.4 Å². The van der Waals surface area contributed by atoms with E-state index >= 15 is 0 Å². The molecular weight excluding hydrogens is 304 g/mol. The van der Waals surface area contributed by atoms with Crippen molar-refractivity contribution in [3.63, 3.8) is 0 Å². The summed E-state index contributed by atoms with van der Waals surface area (Å²) >= 11 is 0. The first-order chi connectivity index (χ1) is 11.6. The third kappa shape index (κ3) is 2.97. The molecule has 0 saturated heterocycles. The molecule has 5 heteroatoms. The monoisotopic (exact) mass is 324 g/mol. The highest BCUT2D eigenvalue weighted by Crippen LogP contribution is 2.37. The summed E-state index contributed by atoms with van der Waals surface area (Å²) in [5.41, 5.74) is 2.44. The molecule has 1 aliphatic rings. The van der Waals surface area contributed by atoms with Gasteiger partial charge >= 0.3 is 0 Å². The number of hydrazone groups is 1. The Labute approximate surface area is 141 Å². The molecule has 0 aliphatic carbocycles. The summed E-state index contributed by atoms with van der Waals surface area (Å²) in [4.78, 5) is 12.3. The van der Waals surface area contributed by atoms with Gasteiger partial charge in [-0.1, -0.05) is 37.3 Å². The van der Waals surface area contributed by atoms with Crippen LogP contribution in [0.15, 0.2) is 53.6 Å². The number of para-hydroxylation sites is 1. The first kappa shape index (κ1) is 16.1. The van der Waals surface area contributed by atoms with Crippen molar-refractivity contribution < 1.29 is 14.6 Å². The van der Waals surface area contributed by atoms with Gasteiger partial charge in [-0.3, -0.25) is 4.79 Å². The number of phenols is 1. The maximum Gasteiger partial charge on any atom is 0.242 e. The highest BCUT2D eigenvalue weighted by atomic mass is 16.5. The van der Waals surface area contributed by atoms with E-state index in [4.69, 9.17) is 4.74 Å². The number of hydrogen-bond acceptors (Lipinski definition) is 4. The fourth-order valence-corrected chi connectivity index (χ4v) is 2.89. The first-order valence-electron chi connectivity index (χ1n) is 7.96. The fraction of sp³-hybridized carbons (Fsp3) is 0.263. The molecule has 1 heterocycles. The summed E-state index contributed by atoms with van der Waals surface area (Å²) in [6, 6.07) is 14.4. The summed E-state index contributed by atoms with van der Waals surface area (Å²) in [5.74, 6) is 0.856. The summed E-state index contributed by atoms with van der Waals surface area (Å²) < 4.78 is 5.26. The van der Waals surface area contributed by atoms with Crippen molar-refractivity contribution in [3.05, 3.63) is 59.7 Å². The van der Waals surface area contributed by atoms with Crippen LogP contribution >= 0.6 is 0 Å². The normalized spacial score (nSPS) is 16.8. The van der Waals surface area contributed by atoms with E-state index in [9.17, 15) is 9.90 Å². The number of hydrogen-bond donors (Lipinski definition) is 1. The summed E-state index contributed by atoms with van der Waals surface area (Å²) in [6.07, 6.45) is 0.912. The van der Waals surface area contributed by atoms with Crippen molar-refractivity contribution in [1.82, 2.24) is 5.01 Å². The molecule has 2 aromatic carbocycles. The van der Waals surface area contributed by atoms with Gasteiger partial charge in [-0.15, -0.1) is 0 Å². The summed E-state index contributed by atoms with van der Waals surface area (Å²) in [7, 11) is 1.62. The van der Waals surface area contributed by atoms with Crippen LogP contribution < -0.4 is 4.74 Å². The molecule has 2 aromatic rings. The minimum Gasteiger partial charge on any atom is -0.508 e. The van der Waals surface area contributed by atoms with Crippen molar-refractivity contribution >= 4 is 11.6 Å². The summed E-state index contributed by atoms with van der Waals surface area (Å²) in [5, 5.41) is 16.2. The molecule has 0 fully saturated rings. The molecule has 5 nitrogen and oxygen atoms in total. The van der Waals surface area contributed by atoms with Gasteiger partial charge in [-0.25, -0.2) is 5.01 Å². The molecule has 3 rings (SSSR count). The predicted molar refractivity (Wildman–Crippen MR) is 92.1 cm³/mol. The quantitative estimate of drug-likeness (QED) is 0.936. The highest BCUT2D eigenvalue weighted by Gasteiger charge is 2.33. The molecule has 1 atom stereocenters. The van der Waals surface area contributed by atoms with Gasteiger partial charge in [0, 0.05) is 24.0 Å². The van der Waals surface area contributed by atoms with Crippen molar-refractivity contribution in [1.29, 1.82) is 0 Å². The molecule has 1 amide bonds. The van der Waals surface area contributed by atoms with Gasteiger partial charge in [-0.05, 0) is 18.2 Å². The zero-order valence-electron chi connectivity index (χ0n) is 13.8. The van der Waals surface area contributed by atoms with E-state index in [2.05, 4.69) is 5.10 Å². The lowest BCUT2D eigenvalue weighted by atomic mass is 9.97. The zero-order valence-corrected chi connectivity index (χ0v) is 13.8. The second kappa shape index (κ2) is 6.74. The number of ether oxygens (including phenoxy) is 1. The van der Waals surface area contributed by atoms with Crippen LogP contribution in [0.4, 0.5) is 0 Å². The number of nitrogens with zero attached hydrogens (tertiary/aromatic N) is 2. The Morgan fingerprint density at radius 2 is 2.08 bits per heavy atom. The Morgan fingerprint density at radius 3 is 2.79 bits per heavy atom. The molecule has 0 spiro atoms. The number of carbonyl (C=O) groups excluding carboxylic acids is 1. The Balaban J connectivity index is 1.98. The molecule has 0 saturated carbocycles. The van der Waals surface area contributed by atoms with Gasteiger partial charge in [0.05, 0.1) is 18.9 Å². The molecule has 0 aromatic heterocycles. The number of aromatic hydroxyl groups is 1. The van der Waals surface area contributed by atoms with E-state index in [0.717, 1.165) is 17.0 Å². The van der Waals surface area contributed by atoms with Crippen LogP contribution in [0.25, 0.3) is 0 Å². The van der Waals surface area contributed by atoms with Crippen molar-refractivity contribution in [3.8, 4) is 11.5 Å². The predicted octanol–water partition coefficient (Wildman–Crippen LogP) is 3.49. The minimum absolute atomic E-state index is 0.0684. The average molecular weight is 324 g/mol. The lowest BCUT2D eigenvalue weighted by Gasteiger charge is -2.22. The van der Waals surface area contributed by atoms with Gasteiger partial charge in [0.2, 0.25) is 5.91 Å². The van der Waals surface area contributed by atoms with Gasteiger partial charge in [0.15, 0.2) is 0 Å². The second-order valence-corrected chi connectivity index (χ2v) is 5.65. The number of carbonyl (C=O) groups is 1. The standard InChI is InChI=1S/C19H20N2O3/c1-3-19(23)21-17(15-9-4-5-10-18(15)22)12-16(20-21)13-7-6-8-14(11-13)24-2/h4-11,17,22H,3,12H2,1-2H3. The van der Waals surface area contributed by atoms with Gasteiger partial charge < -0.3 is 9.84 Å². The third-order valence-corrected chi connectivity index (χ3v) is 4.17. The van der Waals surface area contributed by atoms with Crippen molar-refractivity contribution in [2.24, 2.45) is 5.10 Å². The number of amides is 1. The van der Waals surface area contributed by atoms with Crippen molar-refractivity contribution in [2.75, 3.05) is 7.11 Å². The number of benzene rings is 2. The maximum atomic E-state index is 12.3. The van der Waals surface area contributed by atoms with E-state index in [1.807, 2.05) is 43.3 Å². The average Bonchev–Trinajstić information content (AvgIpc) is 3.06. The minimum atomic E-state index is -0.292. The maximum absolute atomic E-state index is 12.3. The second-order valence-electron chi connectivity index (χ2n) is 5.65. The van der Waals surface area contributed by atoms with Gasteiger partial charge in [-0.2, -0.15) is 5.10 Å². The van der Waals surface area contributed by atoms with Crippen LogP contribution in [0, 0.1) is 0 Å². The Kier molecular flexibility index (Phi) is 4.51. The van der Waals surface area contributed by atoms with Crippen LogP contribution in [0.3, 0.4) is 0 Å². The Bertz CT molecular complexity index is 786. The zero-order chi connectivity index (χ0) is 17.1. The molecular formula is C19H20N2O3. The van der Waals surface area contributed by atoms with Gasteiger partial charge in [0.25, 0.3) is 0 Å². The van der Waals surface area contributed by atoms with Crippen LogP contribution in [-0.4, -0.2) is 28.8 Å². The number of phenolic OH excluding ortho intramolecular Hbond substituents is 1. The summed E-state index contributed by atoms with van der Waals surface area (Å²) in [6.45, 7) is 1.81. The fourth-order valence-electron chi connectivity index (χ4n) is 2.89. The lowest BCUT2D eigenvalue weighted by molar-refractivity contribution is -0.132. The number of rotatable bonds is 4. The van der Waals surface area contributed by atoms with Gasteiger partial charge in [0.1, 0.15) is 11.5 Å². The molecule has 0 bridgehead atoms. The topological polar surface area (TPSA) is 62.1 Å². The van der Waals surface area contributed by atoms with E-state index < -0.39 is 0 Å². The van der Waals surface area contributed by atoms with Crippen LogP contribution in [-0.2, 0) is 4.79 Å². The molecule has 24 heavy (non-hydrogen) atoms. The van der Waals surface area contributed by atoms with Crippen LogP contribution in [0.2, 0.25) is 0 Å². The smallest absolute Gasteiger partial charge is 0.242 e. The van der Waals surface area contributed by atoms with Crippen LogP contribution in [0.5, 0.6) is 11.5 Å². The van der Waals surface area contributed by atoms with Crippen molar-refractivity contribution in [2.45, 2.75) is 25.8 Å². The third-order valence-electron chi connectivity index (χ3n) is 4.17. The Morgan fingerprint density at radius 1 is 1.29 bits per heavy atom. The van der Waals surface area contributed by atoms with E-state index in [1.165, 1.54) is 5.01 Å². The lowest BCUT2D eigenvalue weighted by Crippen LogP contribution is -2.26. The van der Waals surface area contributed by atoms with Crippen LogP contribution in [0.1, 0.15) is 36.9 Å². The molecule has 0 radical (unpaired) electrons.